The first-order chi connectivity index (χ1) is 14.4. The van der Waals surface area contributed by atoms with Gasteiger partial charge in [-0.3, -0.25) is 4.79 Å². The van der Waals surface area contributed by atoms with Crippen molar-refractivity contribution in [2.45, 2.75) is 19.6 Å². The number of hydrogen-bond acceptors (Lipinski definition) is 4. The van der Waals surface area contributed by atoms with Crippen LogP contribution >= 0.6 is 0 Å². The van der Waals surface area contributed by atoms with Gasteiger partial charge in [-0.25, -0.2) is 13.6 Å². The van der Waals surface area contributed by atoms with E-state index in [1.807, 2.05) is 30.3 Å². The van der Waals surface area contributed by atoms with E-state index in [-0.39, 0.29) is 0 Å². The van der Waals surface area contributed by atoms with Crippen LogP contribution in [0.4, 0.5) is 14.5 Å². The van der Waals surface area contributed by atoms with E-state index in [0.29, 0.717) is 24.1 Å². The number of amides is 1. The SMILES string of the molecule is CC(OC(=O)c1ccc(F)cc1F)C(=O)Nc1ccc(OCc2ccccc2)cc1. The summed E-state index contributed by atoms with van der Waals surface area (Å²) in [6.45, 7) is 1.77. The monoisotopic (exact) mass is 411 g/mol. The third kappa shape index (κ3) is 5.64. The zero-order valence-corrected chi connectivity index (χ0v) is 16.1. The fourth-order valence-corrected chi connectivity index (χ4v) is 2.55. The van der Waals surface area contributed by atoms with Crippen molar-refractivity contribution in [1.29, 1.82) is 0 Å². The molecular formula is C23H19F2NO4. The zero-order valence-electron chi connectivity index (χ0n) is 16.1. The van der Waals surface area contributed by atoms with Crippen molar-refractivity contribution in [1.82, 2.24) is 0 Å². The average Bonchev–Trinajstić information content (AvgIpc) is 2.73. The summed E-state index contributed by atoms with van der Waals surface area (Å²) in [5.74, 6) is -2.89. The Morgan fingerprint density at radius 1 is 0.967 bits per heavy atom. The third-order valence-electron chi connectivity index (χ3n) is 4.17. The molecule has 7 heteroatoms. The molecule has 1 unspecified atom stereocenters. The van der Waals surface area contributed by atoms with Crippen molar-refractivity contribution in [3.05, 3.63) is 95.6 Å². The molecule has 3 aromatic rings. The molecule has 0 aliphatic heterocycles. The Hall–Kier alpha value is -3.74. The molecule has 0 aliphatic rings. The molecule has 0 aromatic heterocycles. The molecule has 1 atom stereocenters. The number of nitrogens with one attached hydrogen (secondary N) is 1. The van der Waals surface area contributed by atoms with Crippen LogP contribution in [0.25, 0.3) is 0 Å². The molecule has 1 amide bonds. The van der Waals surface area contributed by atoms with Crippen LogP contribution < -0.4 is 10.1 Å². The van der Waals surface area contributed by atoms with Crippen molar-refractivity contribution in [2.24, 2.45) is 0 Å². The van der Waals surface area contributed by atoms with E-state index in [2.05, 4.69) is 5.32 Å². The quantitative estimate of drug-likeness (QED) is 0.571. The van der Waals surface area contributed by atoms with Gasteiger partial charge >= 0.3 is 5.97 Å². The Labute approximate surface area is 172 Å². The largest absolute Gasteiger partial charge is 0.489 e. The third-order valence-corrected chi connectivity index (χ3v) is 4.17. The first kappa shape index (κ1) is 21.0. The van der Waals surface area contributed by atoms with E-state index in [1.54, 1.807) is 24.3 Å². The Balaban J connectivity index is 1.52. The second-order valence-corrected chi connectivity index (χ2v) is 6.46. The molecule has 30 heavy (non-hydrogen) atoms. The highest BCUT2D eigenvalue weighted by molar-refractivity contribution is 5.97. The summed E-state index contributed by atoms with van der Waals surface area (Å²) >= 11 is 0. The zero-order chi connectivity index (χ0) is 21.5. The molecule has 5 nitrogen and oxygen atoms in total. The number of esters is 1. The average molecular weight is 411 g/mol. The summed E-state index contributed by atoms with van der Waals surface area (Å²) in [5.41, 5.74) is 1.06. The lowest BCUT2D eigenvalue weighted by molar-refractivity contribution is -0.123. The molecule has 0 saturated heterocycles. The predicted octanol–water partition coefficient (Wildman–Crippen LogP) is 4.73. The van der Waals surface area contributed by atoms with Crippen LogP contribution in [-0.2, 0) is 16.1 Å². The molecule has 0 fully saturated rings. The molecule has 3 rings (SSSR count). The highest BCUT2D eigenvalue weighted by atomic mass is 19.1. The lowest BCUT2D eigenvalue weighted by Gasteiger charge is -2.14. The maximum atomic E-state index is 13.7. The first-order valence-corrected chi connectivity index (χ1v) is 9.16. The van der Waals surface area contributed by atoms with Crippen molar-refractivity contribution in [3.8, 4) is 5.75 Å². The second-order valence-electron chi connectivity index (χ2n) is 6.46. The van der Waals surface area contributed by atoms with E-state index in [9.17, 15) is 18.4 Å². The Morgan fingerprint density at radius 2 is 1.67 bits per heavy atom. The minimum atomic E-state index is -1.18. The fourth-order valence-electron chi connectivity index (χ4n) is 2.55. The fraction of sp³-hybridized carbons (Fsp3) is 0.130. The van der Waals surface area contributed by atoms with Gasteiger partial charge in [-0.1, -0.05) is 30.3 Å². The number of ether oxygens (including phenoxy) is 2. The van der Waals surface area contributed by atoms with E-state index < -0.39 is 35.2 Å². The molecule has 0 aliphatic carbocycles. The summed E-state index contributed by atoms with van der Waals surface area (Å²) in [6, 6.07) is 18.8. The summed E-state index contributed by atoms with van der Waals surface area (Å²) in [6.07, 6.45) is -1.18. The summed E-state index contributed by atoms with van der Waals surface area (Å²) < 4.78 is 37.2. The van der Waals surface area contributed by atoms with Gasteiger partial charge < -0.3 is 14.8 Å². The minimum absolute atomic E-state index is 0.416. The van der Waals surface area contributed by atoms with Gasteiger partial charge in [0.15, 0.2) is 6.10 Å². The Kier molecular flexibility index (Phi) is 6.75. The number of halogens is 2. The topological polar surface area (TPSA) is 64.6 Å². The van der Waals surface area contributed by atoms with Crippen molar-refractivity contribution in [2.75, 3.05) is 5.32 Å². The standard InChI is InChI=1S/C23H19F2NO4/c1-15(30-23(28)20-12-7-17(24)13-21(20)25)22(27)26-18-8-10-19(11-9-18)29-14-16-5-3-2-4-6-16/h2-13,15H,14H2,1H3,(H,26,27). The summed E-state index contributed by atoms with van der Waals surface area (Å²) in [5, 5.41) is 2.60. The van der Waals surface area contributed by atoms with Crippen molar-refractivity contribution >= 4 is 17.6 Å². The van der Waals surface area contributed by atoms with E-state index >= 15 is 0 Å². The normalized spacial score (nSPS) is 11.4. The van der Waals surface area contributed by atoms with Gasteiger partial charge in [-0.15, -0.1) is 0 Å². The molecule has 0 spiro atoms. The molecule has 154 valence electrons. The maximum absolute atomic E-state index is 13.7. The molecule has 0 bridgehead atoms. The van der Waals surface area contributed by atoms with Gasteiger partial charge in [0.1, 0.15) is 24.0 Å². The highest BCUT2D eigenvalue weighted by Crippen LogP contribution is 2.18. The van der Waals surface area contributed by atoms with Crippen LogP contribution in [0.5, 0.6) is 5.75 Å². The number of anilines is 1. The van der Waals surface area contributed by atoms with Gasteiger partial charge in [-0.05, 0) is 48.9 Å². The van der Waals surface area contributed by atoms with Crippen molar-refractivity contribution < 1.29 is 27.8 Å². The highest BCUT2D eigenvalue weighted by Gasteiger charge is 2.21. The van der Waals surface area contributed by atoms with Crippen molar-refractivity contribution in [3.63, 3.8) is 0 Å². The van der Waals surface area contributed by atoms with Crippen LogP contribution in [0.1, 0.15) is 22.8 Å². The van der Waals surface area contributed by atoms with Gasteiger partial charge in [0.25, 0.3) is 5.91 Å². The smallest absolute Gasteiger partial charge is 0.341 e. The minimum Gasteiger partial charge on any atom is -0.489 e. The summed E-state index contributed by atoms with van der Waals surface area (Å²) in [4.78, 5) is 24.2. The van der Waals surface area contributed by atoms with E-state index in [0.717, 1.165) is 17.7 Å². The van der Waals surface area contributed by atoms with Crippen LogP contribution in [0.3, 0.4) is 0 Å². The van der Waals surface area contributed by atoms with Gasteiger partial charge in [0.05, 0.1) is 5.56 Å². The lowest BCUT2D eigenvalue weighted by atomic mass is 10.2. The lowest BCUT2D eigenvalue weighted by Crippen LogP contribution is -2.30. The van der Waals surface area contributed by atoms with E-state index in [4.69, 9.17) is 9.47 Å². The predicted molar refractivity (Wildman–Crippen MR) is 107 cm³/mol. The Morgan fingerprint density at radius 3 is 2.33 bits per heavy atom. The summed E-state index contributed by atoms with van der Waals surface area (Å²) in [7, 11) is 0. The number of rotatable bonds is 7. The van der Waals surface area contributed by atoms with Crippen LogP contribution in [0, 0.1) is 11.6 Å². The number of carbonyl (C=O) groups is 2. The van der Waals surface area contributed by atoms with E-state index in [1.165, 1.54) is 6.92 Å². The number of hydrogen-bond donors (Lipinski definition) is 1. The molecule has 0 radical (unpaired) electrons. The van der Waals surface area contributed by atoms with Gasteiger partial charge in [0.2, 0.25) is 0 Å². The van der Waals surface area contributed by atoms with Crippen LogP contribution in [0.2, 0.25) is 0 Å². The molecule has 3 aromatic carbocycles. The number of benzene rings is 3. The van der Waals surface area contributed by atoms with Gasteiger partial charge in [0, 0.05) is 11.8 Å². The molecular weight excluding hydrogens is 392 g/mol. The maximum Gasteiger partial charge on any atom is 0.341 e. The Bertz CT molecular complexity index is 1020. The molecule has 0 heterocycles. The number of carbonyl (C=O) groups excluding carboxylic acids is 2. The first-order valence-electron chi connectivity index (χ1n) is 9.16. The second kappa shape index (κ2) is 9.65. The van der Waals surface area contributed by atoms with Crippen LogP contribution in [-0.4, -0.2) is 18.0 Å². The van der Waals surface area contributed by atoms with Crippen LogP contribution in [0.15, 0.2) is 72.8 Å². The van der Waals surface area contributed by atoms with Gasteiger partial charge in [-0.2, -0.15) is 0 Å². The molecule has 1 N–H and O–H groups in total. The molecule has 0 saturated carbocycles.